The number of hydrogen-bond acceptors (Lipinski definition) is 0. The molecule has 0 N–H and O–H groups in total. The van der Waals surface area contributed by atoms with Gasteiger partial charge in [0.1, 0.15) is 0 Å². The maximum Gasteiger partial charge on any atom is -0.0112 e. The molecule has 0 heteroatoms. The van der Waals surface area contributed by atoms with Crippen molar-refractivity contribution >= 4 is 16.8 Å². The van der Waals surface area contributed by atoms with Gasteiger partial charge in [-0.3, -0.25) is 0 Å². The zero-order valence-corrected chi connectivity index (χ0v) is 21.1. The number of benzene rings is 2. The van der Waals surface area contributed by atoms with Crippen molar-refractivity contribution in [3.05, 3.63) is 54.1 Å². The second-order valence-corrected chi connectivity index (χ2v) is 9.77. The molecule has 32 heavy (non-hydrogen) atoms. The highest BCUT2D eigenvalue weighted by molar-refractivity contribution is 5.90. The van der Waals surface area contributed by atoms with E-state index in [2.05, 4.69) is 61.5 Å². The van der Waals surface area contributed by atoms with Crippen LogP contribution in [-0.2, 0) is 0 Å². The lowest BCUT2D eigenvalue weighted by Gasteiger charge is -2.04. The van der Waals surface area contributed by atoms with Gasteiger partial charge in [0.05, 0.1) is 0 Å². The van der Waals surface area contributed by atoms with E-state index in [9.17, 15) is 0 Å². The minimum absolute atomic E-state index is 1.21. The first-order valence-corrected chi connectivity index (χ1v) is 14.1. The number of hydrogen-bond donors (Lipinski definition) is 0. The van der Waals surface area contributed by atoms with Crippen molar-refractivity contribution in [1.29, 1.82) is 0 Å². The van der Waals surface area contributed by atoms with E-state index in [4.69, 9.17) is 0 Å². The van der Waals surface area contributed by atoms with Crippen LogP contribution in [0.15, 0.2) is 48.5 Å². The zero-order valence-electron chi connectivity index (χ0n) is 21.1. The molecule has 0 saturated carbocycles. The summed E-state index contributed by atoms with van der Waals surface area (Å²) in [6.45, 7) is 2.30. The molecule has 2 aromatic rings. The van der Waals surface area contributed by atoms with Gasteiger partial charge in [0.15, 0.2) is 0 Å². The molecule has 2 aromatic carbocycles. The molecule has 0 unspecified atom stereocenters. The first-order chi connectivity index (χ1) is 15.9. The number of fused-ring (bicyclic) bond motifs is 1. The summed E-state index contributed by atoms with van der Waals surface area (Å²) >= 11 is 0. The number of allylic oxidation sites excluding steroid dienone is 1. The fraction of sp³-hybridized carbons (Fsp3) is 0.625. The fourth-order valence-electron chi connectivity index (χ4n) is 4.77. The van der Waals surface area contributed by atoms with Gasteiger partial charge in [-0.1, -0.05) is 171 Å². The molecule has 0 nitrogen and oxygen atoms in total. The van der Waals surface area contributed by atoms with Gasteiger partial charge in [-0.25, -0.2) is 0 Å². The second-order valence-electron chi connectivity index (χ2n) is 9.77. The first-order valence-electron chi connectivity index (χ1n) is 14.1. The fourth-order valence-corrected chi connectivity index (χ4v) is 4.77. The summed E-state index contributed by atoms with van der Waals surface area (Å²) < 4.78 is 0. The van der Waals surface area contributed by atoms with E-state index >= 15 is 0 Å². The van der Waals surface area contributed by atoms with Crippen molar-refractivity contribution in [1.82, 2.24) is 0 Å². The van der Waals surface area contributed by atoms with Crippen LogP contribution in [0.1, 0.15) is 134 Å². The van der Waals surface area contributed by atoms with Crippen molar-refractivity contribution in [2.45, 2.75) is 129 Å². The Labute approximate surface area is 199 Å². The maximum absolute atomic E-state index is 2.37. The lowest BCUT2D eigenvalue weighted by Crippen LogP contribution is -1.84. The topological polar surface area (TPSA) is 0 Å². The van der Waals surface area contributed by atoms with Crippen LogP contribution < -0.4 is 0 Å². The van der Waals surface area contributed by atoms with Crippen molar-refractivity contribution in [2.75, 3.05) is 0 Å². The van der Waals surface area contributed by atoms with Gasteiger partial charge in [0.25, 0.3) is 0 Å². The Bertz CT molecular complexity index is 706. The molecule has 0 atom stereocenters. The Morgan fingerprint density at radius 1 is 0.500 bits per heavy atom. The predicted octanol–water partition coefficient (Wildman–Crippen LogP) is 11.3. The van der Waals surface area contributed by atoms with Crippen LogP contribution in [0, 0.1) is 0 Å². The molecule has 0 aliphatic heterocycles. The molecular weight excluding hydrogens is 384 g/mol. The minimum Gasteiger partial charge on any atom is -0.0839 e. The molecule has 0 aliphatic carbocycles. The average molecular weight is 435 g/mol. The van der Waals surface area contributed by atoms with Crippen molar-refractivity contribution in [3.8, 4) is 0 Å². The average Bonchev–Trinajstić information content (AvgIpc) is 2.83. The van der Waals surface area contributed by atoms with Crippen LogP contribution >= 0.6 is 0 Å². The highest BCUT2D eigenvalue weighted by Crippen LogP contribution is 2.20. The molecule has 0 bridgehead atoms. The Hall–Kier alpha value is -1.56. The highest BCUT2D eigenvalue weighted by atomic mass is 14.0. The van der Waals surface area contributed by atoms with Crippen molar-refractivity contribution < 1.29 is 0 Å². The third-order valence-electron chi connectivity index (χ3n) is 6.85. The van der Waals surface area contributed by atoms with Crippen LogP contribution in [0.25, 0.3) is 16.8 Å². The molecule has 0 aliphatic rings. The third kappa shape index (κ3) is 12.5. The molecule has 0 radical (unpaired) electrons. The quantitative estimate of drug-likeness (QED) is 0.182. The molecule has 0 heterocycles. The van der Waals surface area contributed by atoms with Crippen molar-refractivity contribution in [2.24, 2.45) is 0 Å². The Morgan fingerprint density at radius 3 is 1.53 bits per heavy atom. The summed E-state index contributed by atoms with van der Waals surface area (Å²) in [5, 5.41) is 2.70. The van der Waals surface area contributed by atoms with Gasteiger partial charge >= 0.3 is 0 Å². The van der Waals surface area contributed by atoms with E-state index in [1.807, 2.05) is 0 Å². The Balaban J connectivity index is 1.33. The predicted molar refractivity (Wildman–Crippen MR) is 146 cm³/mol. The highest BCUT2D eigenvalue weighted by Gasteiger charge is 1.97. The summed E-state index contributed by atoms with van der Waals surface area (Å²) in [4.78, 5) is 0. The maximum atomic E-state index is 2.37. The second kappa shape index (κ2) is 19.0. The number of unbranched alkanes of at least 4 members (excludes halogenated alkanes) is 18. The summed E-state index contributed by atoms with van der Waals surface area (Å²) in [6, 6.07) is 15.3. The van der Waals surface area contributed by atoms with E-state index in [0.29, 0.717) is 0 Å². The molecule has 0 aromatic heterocycles. The molecule has 2 rings (SSSR count). The first kappa shape index (κ1) is 26.7. The molecule has 178 valence electrons. The lowest BCUT2D eigenvalue weighted by atomic mass is 10.0. The van der Waals surface area contributed by atoms with Gasteiger partial charge in [-0.2, -0.15) is 0 Å². The third-order valence-corrected chi connectivity index (χ3v) is 6.85. The van der Waals surface area contributed by atoms with Crippen LogP contribution in [0.4, 0.5) is 0 Å². The molecule has 0 spiro atoms. The Kier molecular flexibility index (Phi) is 15.8. The van der Waals surface area contributed by atoms with Crippen LogP contribution in [0.5, 0.6) is 0 Å². The van der Waals surface area contributed by atoms with Crippen molar-refractivity contribution in [3.63, 3.8) is 0 Å². The van der Waals surface area contributed by atoms with E-state index in [-0.39, 0.29) is 0 Å². The Morgan fingerprint density at radius 2 is 0.969 bits per heavy atom. The number of rotatable bonds is 20. The minimum atomic E-state index is 1.21. The largest absolute Gasteiger partial charge is 0.0839 e. The van der Waals surface area contributed by atoms with Gasteiger partial charge in [-0.05, 0) is 29.2 Å². The normalized spacial score (nSPS) is 11.7. The van der Waals surface area contributed by atoms with Crippen LogP contribution in [0.3, 0.4) is 0 Å². The van der Waals surface area contributed by atoms with Gasteiger partial charge < -0.3 is 0 Å². The molecule has 0 amide bonds. The lowest BCUT2D eigenvalue weighted by molar-refractivity contribution is 0.525. The van der Waals surface area contributed by atoms with Gasteiger partial charge in [0.2, 0.25) is 0 Å². The molecular formula is C32H50. The summed E-state index contributed by atoms with van der Waals surface area (Å²) in [5.41, 5.74) is 1.35. The summed E-state index contributed by atoms with van der Waals surface area (Å²) in [6.07, 6.45) is 31.9. The summed E-state index contributed by atoms with van der Waals surface area (Å²) in [7, 11) is 0. The molecule has 0 fully saturated rings. The van der Waals surface area contributed by atoms with Crippen LogP contribution in [-0.4, -0.2) is 0 Å². The SMILES string of the molecule is CCCCCCCCCCCCCCCCCCCC/C=C/c1cccc2ccccc12. The van der Waals surface area contributed by atoms with E-state index in [1.54, 1.807) is 0 Å². The standard InChI is InChI=1S/C32H50/c1-2-3-4-5-6-7-8-9-10-11-12-13-14-15-16-17-18-19-20-21-25-30-27-24-28-31-26-22-23-29-32(30)31/h21-29H,2-20H2,1H3/b25-21+. The van der Waals surface area contributed by atoms with E-state index in [0.717, 1.165) is 0 Å². The van der Waals surface area contributed by atoms with E-state index < -0.39 is 0 Å². The van der Waals surface area contributed by atoms with Crippen LogP contribution in [0.2, 0.25) is 0 Å². The molecule has 0 saturated heterocycles. The van der Waals surface area contributed by atoms with Gasteiger partial charge in [-0.15, -0.1) is 0 Å². The van der Waals surface area contributed by atoms with Gasteiger partial charge in [0, 0.05) is 0 Å². The summed E-state index contributed by atoms with van der Waals surface area (Å²) in [5.74, 6) is 0. The van der Waals surface area contributed by atoms with E-state index in [1.165, 1.54) is 138 Å². The monoisotopic (exact) mass is 434 g/mol. The zero-order chi connectivity index (χ0) is 22.5. The smallest absolute Gasteiger partial charge is 0.0112 e.